The highest BCUT2D eigenvalue weighted by Crippen LogP contribution is 2.18. The van der Waals surface area contributed by atoms with Gasteiger partial charge in [0.1, 0.15) is 0 Å². The van der Waals surface area contributed by atoms with E-state index < -0.39 is 0 Å². The molecule has 0 atom stereocenters. The lowest BCUT2D eigenvalue weighted by Crippen LogP contribution is -2.38. The molecule has 0 unspecified atom stereocenters. The molecule has 174 valence electrons. The molecule has 0 saturated carbocycles. The first-order chi connectivity index (χ1) is 15.7. The van der Waals surface area contributed by atoms with Crippen molar-refractivity contribution in [2.75, 3.05) is 32.7 Å². The Morgan fingerprint density at radius 2 is 2.00 bits per heavy atom. The van der Waals surface area contributed by atoms with E-state index in [1.54, 1.807) is 0 Å². The van der Waals surface area contributed by atoms with Crippen LogP contribution in [0.5, 0.6) is 0 Å². The minimum Gasteiger partial charge on any atom is -0.357 e. The topological polar surface area (TPSA) is 95.7 Å². The van der Waals surface area contributed by atoms with Gasteiger partial charge in [0, 0.05) is 51.1 Å². The molecular formula is C24H36N6O2. The summed E-state index contributed by atoms with van der Waals surface area (Å²) in [4.78, 5) is 23.1. The number of carbonyl (C=O) groups is 1. The van der Waals surface area contributed by atoms with E-state index in [0.29, 0.717) is 24.8 Å². The van der Waals surface area contributed by atoms with Crippen LogP contribution < -0.4 is 10.6 Å². The SMILES string of the molecule is CCNC(=NCCCN1CCCCCC1=O)NCCc1ccc(-c2nc(CC)no2)cc1. The molecule has 1 fully saturated rings. The van der Waals surface area contributed by atoms with E-state index in [9.17, 15) is 4.79 Å². The quantitative estimate of drug-likeness (QED) is 0.335. The molecule has 32 heavy (non-hydrogen) atoms. The van der Waals surface area contributed by atoms with Gasteiger partial charge in [-0.1, -0.05) is 30.6 Å². The lowest BCUT2D eigenvalue weighted by molar-refractivity contribution is -0.130. The second-order valence-electron chi connectivity index (χ2n) is 8.05. The maximum atomic E-state index is 12.1. The molecule has 3 rings (SSSR count). The average molecular weight is 441 g/mol. The van der Waals surface area contributed by atoms with E-state index in [-0.39, 0.29) is 0 Å². The van der Waals surface area contributed by atoms with Crippen molar-refractivity contribution in [3.8, 4) is 11.5 Å². The lowest BCUT2D eigenvalue weighted by Gasteiger charge is -2.20. The number of rotatable bonds is 10. The van der Waals surface area contributed by atoms with E-state index in [0.717, 1.165) is 82.1 Å². The van der Waals surface area contributed by atoms with Crippen LogP contribution in [0, 0.1) is 0 Å². The van der Waals surface area contributed by atoms with Crippen molar-refractivity contribution in [3.63, 3.8) is 0 Å². The van der Waals surface area contributed by atoms with Gasteiger partial charge in [-0.3, -0.25) is 9.79 Å². The number of likely N-dealkylation sites (tertiary alicyclic amines) is 1. The Balaban J connectivity index is 1.42. The first-order valence-corrected chi connectivity index (χ1v) is 11.9. The fraction of sp³-hybridized carbons (Fsp3) is 0.583. The smallest absolute Gasteiger partial charge is 0.257 e. The number of hydrogen-bond acceptors (Lipinski definition) is 5. The van der Waals surface area contributed by atoms with Gasteiger partial charge >= 0.3 is 0 Å². The van der Waals surface area contributed by atoms with Crippen LogP contribution in [0.1, 0.15) is 57.3 Å². The Kier molecular flexibility index (Phi) is 9.53. The number of nitrogens with one attached hydrogen (secondary N) is 2. The van der Waals surface area contributed by atoms with Crippen LogP contribution in [0.15, 0.2) is 33.8 Å². The summed E-state index contributed by atoms with van der Waals surface area (Å²) in [6, 6.07) is 8.22. The number of hydrogen-bond donors (Lipinski definition) is 2. The molecule has 1 amide bonds. The van der Waals surface area contributed by atoms with Gasteiger partial charge in [0.2, 0.25) is 5.91 Å². The van der Waals surface area contributed by atoms with Crippen LogP contribution in [0.2, 0.25) is 0 Å². The number of carbonyl (C=O) groups excluding carboxylic acids is 1. The molecule has 1 aromatic heterocycles. The van der Waals surface area contributed by atoms with E-state index >= 15 is 0 Å². The number of amides is 1. The third-order valence-electron chi connectivity index (χ3n) is 5.56. The minimum atomic E-state index is 0.299. The van der Waals surface area contributed by atoms with Gasteiger partial charge in [0.05, 0.1) is 0 Å². The summed E-state index contributed by atoms with van der Waals surface area (Å²) in [6.07, 6.45) is 6.54. The van der Waals surface area contributed by atoms with Crippen LogP contribution >= 0.6 is 0 Å². The van der Waals surface area contributed by atoms with Gasteiger partial charge in [-0.25, -0.2) is 0 Å². The number of guanidine groups is 1. The van der Waals surface area contributed by atoms with Gasteiger partial charge in [-0.15, -0.1) is 0 Å². The second kappa shape index (κ2) is 12.8. The molecule has 2 heterocycles. The Labute approximate surface area is 190 Å². The summed E-state index contributed by atoms with van der Waals surface area (Å²) in [7, 11) is 0. The Bertz CT molecular complexity index is 862. The summed E-state index contributed by atoms with van der Waals surface area (Å²) in [5, 5.41) is 10.6. The maximum Gasteiger partial charge on any atom is 0.257 e. The highest BCUT2D eigenvalue weighted by Gasteiger charge is 2.15. The molecule has 8 heteroatoms. The van der Waals surface area contributed by atoms with Gasteiger partial charge in [-0.2, -0.15) is 4.98 Å². The summed E-state index contributed by atoms with van der Waals surface area (Å²) >= 11 is 0. The minimum absolute atomic E-state index is 0.299. The fourth-order valence-corrected chi connectivity index (χ4v) is 3.72. The molecule has 0 bridgehead atoms. The maximum absolute atomic E-state index is 12.1. The van der Waals surface area contributed by atoms with Crippen molar-refractivity contribution >= 4 is 11.9 Å². The molecular weight excluding hydrogens is 404 g/mol. The zero-order valence-electron chi connectivity index (χ0n) is 19.4. The number of aromatic nitrogens is 2. The van der Waals surface area contributed by atoms with Crippen LogP contribution in [-0.4, -0.2) is 59.6 Å². The first kappa shape index (κ1) is 23.8. The third-order valence-corrected chi connectivity index (χ3v) is 5.56. The molecule has 0 radical (unpaired) electrons. The predicted molar refractivity (Wildman–Crippen MR) is 126 cm³/mol. The molecule has 0 spiro atoms. The van der Waals surface area contributed by atoms with E-state index in [1.165, 1.54) is 5.56 Å². The van der Waals surface area contributed by atoms with Crippen LogP contribution in [-0.2, 0) is 17.6 Å². The molecule has 1 aliphatic heterocycles. The fourth-order valence-electron chi connectivity index (χ4n) is 3.72. The van der Waals surface area contributed by atoms with Gasteiger partial charge in [-0.05, 0) is 50.3 Å². The molecule has 1 aromatic carbocycles. The molecule has 0 aliphatic carbocycles. The van der Waals surface area contributed by atoms with E-state index in [4.69, 9.17) is 4.52 Å². The second-order valence-corrected chi connectivity index (χ2v) is 8.05. The number of aliphatic imine (C=N–C) groups is 1. The van der Waals surface area contributed by atoms with Crippen molar-refractivity contribution < 1.29 is 9.32 Å². The highest BCUT2D eigenvalue weighted by molar-refractivity contribution is 5.79. The first-order valence-electron chi connectivity index (χ1n) is 11.9. The van der Waals surface area contributed by atoms with Gasteiger partial charge in [0.25, 0.3) is 5.89 Å². The Hall–Kier alpha value is -2.90. The third kappa shape index (κ3) is 7.35. The van der Waals surface area contributed by atoms with Crippen molar-refractivity contribution in [3.05, 3.63) is 35.7 Å². The largest absolute Gasteiger partial charge is 0.357 e. The summed E-state index contributed by atoms with van der Waals surface area (Å²) in [5.74, 6) is 2.41. The standard InChI is InChI=1S/C24H36N6O2/c1-3-21-28-23(32-29-21)20-12-10-19(11-13-20)14-16-27-24(25-4-2)26-15-8-18-30-17-7-5-6-9-22(30)31/h10-13H,3-9,14-18H2,1-2H3,(H2,25,26,27). The number of benzene rings is 1. The molecule has 2 aromatic rings. The molecule has 1 saturated heterocycles. The zero-order chi connectivity index (χ0) is 22.6. The normalized spacial score (nSPS) is 15.0. The lowest BCUT2D eigenvalue weighted by atomic mass is 10.1. The average Bonchev–Trinajstić information content (AvgIpc) is 3.20. The summed E-state index contributed by atoms with van der Waals surface area (Å²) in [6.45, 7) is 8.07. The summed E-state index contributed by atoms with van der Waals surface area (Å²) < 4.78 is 5.30. The van der Waals surface area contributed by atoms with Crippen molar-refractivity contribution in [2.45, 2.75) is 58.8 Å². The van der Waals surface area contributed by atoms with Crippen molar-refractivity contribution in [2.24, 2.45) is 4.99 Å². The predicted octanol–water partition coefficient (Wildman–Crippen LogP) is 3.19. The Morgan fingerprint density at radius 1 is 1.16 bits per heavy atom. The monoisotopic (exact) mass is 440 g/mol. The molecule has 1 aliphatic rings. The molecule has 8 nitrogen and oxygen atoms in total. The zero-order valence-corrected chi connectivity index (χ0v) is 19.4. The van der Waals surface area contributed by atoms with Gasteiger partial charge < -0.3 is 20.1 Å². The van der Waals surface area contributed by atoms with Crippen LogP contribution in [0.3, 0.4) is 0 Å². The van der Waals surface area contributed by atoms with E-state index in [2.05, 4.69) is 44.8 Å². The van der Waals surface area contributed by atoms with E-state index in [1.807, 2.05) is 24.0 Å². The summed E-state index contributed by atoms with van der Waals surface area (Å²) in [5.41, 5.74) is 2.17. The molecule has 2 N–H and O–H groups in total. The van der Waals surface area contributed by atoms with Crippen LogP contribution in [0.4, 0.5) is 0 Å². The Morgan fingerprint density at radius 3 is 2.75 bits per heavy atom. The van der Waals surface area contributed by atoms with Crippen LogP contribution in [0.25, 0.3) is 11.5 Å². The van der Waals surface area contributed by atoms with Crippen molar-refractivity contribution in [1.29, 1.82) is 0 Å². The van der Waals surface area contributed by atoms with Gasteiger partial charge in [0.15, 0.2) is 11.8 Å². The van der Waals surface area contributed by atoms with Crippen molar-refractivity contribution in [1.82, 2.24) is 25.7 Å². The number of aryl methyl sites for hydroxylation is 1. The highest BCUT2D eigenvalue weighted by atomic mass is 16.5. The number of nitrogens with zero attached hydrogens (tertiary/aromatic N) is 4.